The van der Waals surface area contributed by atoms with E-state index in [0.717, 1.165) is 15.2 Å². The fourth-order valence-corrected chi connectivity index (χ4v) is 2.38. The van der Waals surface area contributed by atoms with Crippen LogP contribution in [0.3, 0.4) is 0 Å². The third-order valence-corrected chi connectivity index (χ3v) is 3.69. The summed E-state index contributed by atoms with van der Waals surface area (Å²) in [7, 11) is 1.85. The Kier molecular flexibility index (Phi) is 2.35. The van der Waals surface area contributed by atoms with Gasteiger partial charge in [0.2, 0.25) is 4.77 Å². The molecule has 0 amide bonds. The maximum absolute atomic E-state index is 5.00. The Hall–Kier alpha value is -0.460. The predicted octanol–water partition coefficient (Wildman–Crippen LogP) is 2.97. The summed E-state index contributed by atoms with van der Waals surface area (Å²) in [5.41, 5.74) is 1.05. The van der Waals surface area contributed by atoms with Crippen molar-refractivity contribution in [1.82, 2.24) is 14.8 Å². The van der Waals surface area contributed by atoms with Gasteiger partial charge in [-0.3, -0.25) is 9.78 Å². The molecule has 0 spiro atoms. The molecule has 0 aliphatic heterocycles. The SMILES string of the molecule is Cn1[nH]c(-c2ccsc2Br)nc1=S. The first-order valence-electron chi connectivity index (χ1n) is 3.55. The zero-order chi connectivity index (χ0) is 9.42. The van der Waals surface area contributed by atoms with Crippen LogP contribution in [0.2, 0.25) is 0 Å². The molecular weight excluding hydrogens is 270 g/mol. The van der Waals surface area contributed by atoms with E-state index in [2.05, 4.69) is 26.0 Å². The Bertz CT molecular complexity index is 482. The van der Waals surface area contributed by atoms with Crippen molar-refractivity contribution in [3.63, 3.8) is 0 Å². The topological polar surface area (TPSA) is 33.6 Å². The Labute approximate surface area is 92.5 Å². The average Bonchev–Trinajstić information content (AvgIpc) is 2.60. The molecule has 13 heavy (non-hydrogen) atoms. The lowest BCUT2D eigenvalue weighted by Crippen LogP contribution is -1.89. The highest BCUT2D eigenvalue weighted by atomic mass is 79.9. The lowest BCUT2D eigenvalue weighted by Gasteiger charge is -1.91. The fraction of sp³-hybridized carbons (Fsp3) is 0.143. The van der Waals surface area contributed by atoms with E-state index >= 15 is 0 Å². The molecular formula is C7H6BrN3S2. The minimum atomic E-state index is 0.563. The Morgan fingerprint density at radius 2 is 2.46 bits per heavy atom. The predicted molar refractivity (Wildman–Crippen MR) is 59.4 cm³/mol. The van der Waals surface area contributed by atoms with E-state index in [9.17, 15) is 0 Å². The number of aromatic nitrogens is 3. The van der Waals surface area contributed by atoms with Gasteiger partial charge in [0, 0.05) is 12.6 Å². The number of nitrogens with zero attached hydrogens (tertiary/aromatic N) is 2. The molecule has 0 radical (unpaired) electrons. The van der Waals surface area contributed by atoms with Crippen LogP contribution in [0.5, 0.6) is 0 Å². The molecule has 0 aliphatic rings. The Balaban J connectivity index is 2.59. The van der Waals surface area contributed by atoms with Crippen molar-refractivity contribution < 1.29 is 0 Å². The van der Waals surface area contributed by atoms with Gasteiger partial charge in [0.05, 0.1) is 3.79 Å². The van der Waals surface area contributed by atoms with Gasteiger partial charge in [0.15, 0.2) is 5.82 Å². The number of halogens is 1. The molecule has 0 saturated heterocycles. The van der Waals surface area contributed by atoms with Crippen LogP contribution in [-0.4, -0.2) is 14.8 Å². The summed E-state index contributed by atoms with van der Waals surface area (Å²) < 4.78 is 3.35. The summed E-state index contributed by atoms with van der Waals surface area (Å²) in [4.78, 5) is 4.21. The van der Waals surface area contributed by atoms with Gasteiger partial charge in [-0.15, -0.1) is 11.3 Å². The number of nitrogens with one attached hydrogen (secondary N) is 1. The second-order valence-electron chi connectivity index (χ2n) is 2.52. The van der Waals surface area contributed by atoms with Crippen molar-refractivity contribution in [2.75, 3.05) is 0 Å². The molecule has 0 unspecified atom stereocenters. The minimum Gasteiger partial charge on any atom is -0.279 e. The van der Waals surface area contributed by atoms with Gasteiger partial charge in [-0.1, -0.05) is 0 Å². The van der Waals surface area contributed by atoms with Gasteiger partial charge < -0.3 is 0 Å². The Morgan fingerprint density at radius 1 is 1.69 bits per heavy atom. The van der Waals surface area contributed by atoms with Crippen molar-refractivity contribution in [3.05, 3.63) is 20.0 Å². The summed E-state index contributed by atoms with van der Waals surface area (Å²) in [6.07, 6.45) is 0. The maximum Gasteiger partial charge on any atom is 0.216 e. The second kappa shape index (κ2) is 3.36. The molecule has 2 aromatic rings. The van der Waals surface area contributed by atoms with E-state index in [1.807, 2.05) is 18.5 Å². The van der Waals surface area contributed by atoms with Crippen LogP contribution in [0, 0.1) is 4.77 Å². The van der Waals surface area contributed by atoms with Gasteiger partial charge in [0.1, 0.15) is 0 Å². The smallest absolute Gasteiger partial charge is 0.216 e. The summed E-state index contributed by atoms with van der Waals surface area (Å²) in [6, 6.07) is 2.00. The van der Waals surface area contributed by atoms with E-state index in [1.165, 1.54) is 0 Å². The molecule has 0 fully saturated rings. The lowest BCUT2D eigenvalue weighted by atomic mass is 10.3. The summed E-state index contributed by atoms with van der Waals surface area (Å²) in [5.74, 6) is 0.806. The number of H-pyrrole nitrogens is 1. The standard InChI is InChI=1S/C7H6BrN3S2/c1-11-7(12)9-6(10-11)4-2-3-13-5(4)8/h2-3H,1H3,(H,9,10,12). The molecule has 0 aromatic carbocycles. The van der Waals surface area contributed by atoms with Gasteiger partial charge in [-0.25, -0.2) is 0 Å². The lowest BCUT2D eigenvalue weighted by molar-refractivity contribution is 0.756. The number of thiophene rings is 1. The van der Waals surface area contributed by atoms with Crippen LogP contribution in [0.1, 0.15) is 0 Å². The first kappa shape index (κ1) is 9.11. The number of aryl methyl sites for hydroxylation is 1. The van der Waals surface area contributed by atoms with Crippen LogP contribution < -0.4 is 0 Å². The van der Waals surface area contributed by atoms with E-state index in [-0.39, 0.29) is 0 Å². The van der Waals surface area contributed by atoms with E-state index in [4.69, 9.17) is 12.2 Å². The molecule has 68 valence electrons. The molecule has 0 bridgehead atoms. The number of hydrogen-bond acceptors (Lipinski definition) is 3. The number of hydrogen-bond donors (Lipinski definition) is 1. The van der Waals surface area contributed by atoms with Gasteiger partial charge in [-0.05, 0) is 39.6 Å². The molecule has 0 saturated carbocycles. The third-order valence-electron chi connectivity index (χ3n) is 1.64. The van der Waals surface area contributed by atoms with Crippen LogP contribution >= 0.6 is 39.5 Å². The highest BCUT2D eigenvalue weighted by Gasteiger charge is 2.07. The number of rotatable bonds is 1. The summed E-state index contributed by atoms with van der Waals surface area (Å²) in [5, 5.41) is 5.07. The maximum atomic E-state index is 5.00. The highest BCUT2D eigenvalue weighted by Crippen LogP contribution is 2.30. The second-order valence-corrected chi connectivity index (χ2v) is 5.12. The van der Waals surface area contributed by atoms with E-state index in [0.29, 0.717) is 4.77 Å². The largest absolute Gasteiger partial charge is 0.279 e. The van der Waals surface area contributed by atoms with Gasteiger partial charge >= 0.3 is 0 Å². The van der Waals surface area contributed by atoms with Crippen LogP contribution in [-0.2, 0) is 7.05 Å². The number of aromatic amines is 1. The molecule has 2 heterocycles. The fourth-order valence-electron chi connectivity index (χ4n) is 0.986. The molecule has 0 aliphatic carbocycles. The molecule has 0 atom stereocenters. The monoisotopic (exact) mass is 275 g/mol. The summed E-state index contributed by atoms with van der Waals surface area (Å²) in [6.45, 7) is 0. The van der Waals surface area contributed by atoms with Crippen molar-refractivity contribution >= 4 is 39.5 Å². The molecule has 6 heteroatoms. The first-order valence-corrected chi connectivity index (χ1v) is 5.63. The van der Waals surface area contributed by atoms with Crippen molar-refractivity contribution in [2.24, 2.45) is 7.05 Å². The average molecular weight is 276 g/mol. The van der Waals surface area contributed by atoms with Crippen molar-refractivity contribution in [2.45, 2.75) is 0 Å². The van der Waals surface area contributed by atoms with Crippen LogP contribution in [0.15, 0.2) is 15.2 Å². The minimum absolute atomic E-state index is 0.563. The van der Waals surface area contributed by atoms with Crippen molar-refractivity contribution in [1.29, 1.82) is 0 Å². The molecule has 2 aromatic heterocycles. The summed E-state index contributed by atoms with van der Waals surface area (Å²) >= 11 is 10.1. The third kappa shape index (κ3) is 1.61. The molecule has 1 N–H and O–H groups in total. The molecule has 3 nitrogen and oxygen atoms in total. The van der Waals surface area contributed by atoms with Crippen molar-refractivity contribution in [3.8, 4) is 11.4 Å². The van der Waals surface area contributed by atoms with E-state index in [1.54, 1.807) is 16.0 Å². The molecule has 2 rings (SSSR count). The van der Waals surface area contributed by atoms with Gasteiger partial charge in [-0.2, -0.15) is 4.98 Å². The van der Waals surface area contributed by atoms with Crippen LogP contribution in [0.25, 0.3) is 11.4 Å². The zero-order valence-corrected chi connectivity index (χ0v) is 9.96. The zero-order valence-electron chi connectivity index (χ0n) is 6.74. The Morgan fingerprint density at radius 3 is 2.92 bits per heavy atom. The normalized spacial score (nSPS) is 10.6. The van der Waals surface area contributed by atoms with E-state index < -0.39 is 0 Å². The van der Waals surface area contributed by atoms with Crippen LogP contribution in [0.4, 0.5) is 0 Å². The first-order chi connectivity index (χ1) is 6.18. The quantitative estimate of drug-likeness (QED) is 0.812. The van der Waals surface area contributed by atoms with Gasteiger partial charge in [0.25, 0.3) is 0 Å². The highest BCUT2D eigenvalue weighted by molar-refractivity contribution is 9.11.